The molecule has 2 fully saturated rings. The molecule has 0 radical (unpaired) electrons. The van der Waals surface area contributed by atoms with Crippen molar-refractivity contribution in [3.63, 3.8) is 0 Å². The minimum absolute atomic E-state index is 0.0142. The van der Waals surface area contributed by atoms with Crippen molar-refractivity contribution >= 4 is 17.5 Å². The second kappa shape index (κ2) is 6.24. The molecule has 4 nitrogen and oxygen atoms in total. The van der Waals surface area contributed by atoms with E-state index in [0.29, 0.717) is 22.5 Å². The number of phenolic OH excluding ortho intramolecular Hbond substituents is 1. The number of carbonyl (C=O) groups is 1. The summed E-state index contributed by atoms with van der Waals surface area (Å²) in [6, 6.07) is 5.00. The third-order valence-corrected chi connectivity index (χ3v) is 4.59. The summed E-state index contributed by atoms with van der Waals surface area (Å²) in [7, 11) is 0. The van der Waals surface area contributed by atoms with Gasteiger partial charge in [0.05, 0.1) is 5.56 Å². The van der Waals surface area contributed by atoms with E-state index in [0.717, 1.165) is 45.3 Å². The molecule has 2 N–H and O–H groups in total. The molecule has 1 aliphatic carbocycles. The monoisotopic (exact) mass is 308 g/mol. The van der Waals surface area contributed by atoms with Crippen molar-refractivity contribution in [1.82, 2.24) is 10.2 Å². The first kappa shape index (κ1) is 14.7. The Bertz CT molecular complexity index is 525. The van der Waals surface area contributed by atoms with E-state index in [-0.39, 0.29) is 11.7 Å². The molecule has 1 saturated carbocycles. The van der Waals surface area contributed by atoms with Crippen LogP contribution >= 0.6 is 11.6 Å². The van der Waals surface area contributed by atoms with Crippen LogP contribution in [-0.4, -0.2) is 41.6 Å². The second-order valence-corrected chi connectivity index (χ2v) is 6.48. The summed E-state index contributed by atoms with van der Waals surface area (Å²) in [5.41, 5.74) is 0.323. The maximum Gasteiger partial charge on any atom is 0.257 e. The topological polar surface area (TPSA) is 52.6 Å². The molecule has 1 saturated heterocycles. The fourth-order valence-corrected chi connectivity index (χ4v) is 3.13. The summed E-state index contributed by atoms with van der Waals surface area (Å²) >= 11 is 5.96. The Morgan fingerprint density at radius 3 is 2.67 bits per heavy atom. The second-order valence-electron chi connectivity index (χ2n) is 6.04. The van der Waals surface area contributed by atoms with Crippen LogP contribution in [0, 0.1) is 5.92 Å². The van der Waals surface area contributed by atoms with Gasteiger partial charge in [-0.1, -0.05) is 11.6 Å². The van der Waals surface area contributed by atoms with Crippen molar-refractivity contribution in [3.05, 3.63) is 28.8 Å². The van der Waals surface area contributed by atoms with Gasteiger partial charge >= 0.3 is 0 Å². The molecule has 0 unspecified atom stereocenters. The van der Waals surface area contributed by atoms with Gasteiger partial charge in [-0.05, 0) is 62.9 Å². The van der Waals surface area contributed by atoms with Gasteiger partial charge in [0, 0.05) is 17.6 Å². The molecule has 1 aliphatic heterocycles. The molecule has 1 heterocycles. The van der Waals surface area contributed by atoms with Gasteiger partial charge in [0.1, 0.15) is 5.75 Å². The Morgan fingerprint density at radius 1 is 1.29 bits per heavy atom. The lowest BCUT2D eigenvalue weighted by atomic mass is 9.97. The van der Waals surface area contributed by atoms with Crippen LogP contribution in [0.3, 0.4) is 0 Å². The average Bonchev–Trinajstić information content (AvgIpc) is 3.32. The summed E-state index contributed by atoms with van der Waals surface area (Å²) in [5.74, 6) is 0.480. The minimum atomic E-state index is -0.0870. The molecule has 5 heteroatoms. The number of nitrogens with one attached hydrogen (secondary N) is 1. The van der Waals surface area contributed by atoms with Gasteiger partial charge in [0.2, 0.25) is 0 Å². The van der Waals surface area contributed by atoms with E-state index in [1.165, 1.54) is 6.07 Å². The zero-order valence-corrected chi connectivity index (χ0v) is 12.8. The van der Waals surface area contributed by atoms with Gasteiger partial charge in [-0.25, -0.2) is 0 Å². The van der Waals surface area contributed by atoms with Gasteiger partial charge < -0.3 is 15.3 Å². The normalized spacial score (nSPS) is 19.5. The van der Waals surface area contributed by atoms with Crippen LogP contribution in [0.5, 0.6) is 5.75 Å². The number of carbonyl (C=O) groups excluding carboxylic acids is 1. The molecule has 2 aliphatic rings. The van der Waals surface area contributed by atoms with Crippen LogP contribution in [0.4, 0.5) is 0 Å². The molecule has 0 aromatic heterocycles. The Labute approximate surface area is 130 Å². The number of aromatic hydroxyl groups is 1. The largest absolute Gasteiger partial charge is 0.507 e. The molecule has 0 bridgehead atoms. The first-order chi connectivity index (χ1) is 10.1. The molecule has 21 heavy (non-hydrogen) atoms. The molecule has 1 aromatic carbocycles. The first-order valence-electron chi connectivity index (χ1n) is 7.65. The zero-order chi connectivity index (χ0) is 14.8. The lowest BCUT2D eigenvalue weighted by Crippen LogP contribution is -2.40. The third kappa shape index (κ3) is 3.50. The van der Waals surface area contributed by atoms with Crippen LogP contribution in [0.2, 0.25) is 5.02 Å². The number of hydrogen-bond donors (Lipinski definition) is 2. The molecular weight excluding hydrogens is 288 g/mol. The fourth-order valence-electron chi connectivity index (χ4n) is 2.96. The zero-order valence-electron chi connectivity index (χ0n) is 12.0. The smallest absolute Gasteiger partial charge is 0.257 e. The van der Waals surface area contributed by atoms with Crippen LogP contribution in [0.1, 0.15) is 36.0 Å². The minimum Gasteiger partial charge on any atom is -0.507 e. The van der Waals surface area contributed by atoms with Gasteiger partial charge in [-0.15, -0.1) is 0 Å². The Morgan fingerprint density at radius 2 is 2.00 bits per heavy atom. The van der Waals surface area contributed by atoms with Crippen LogP contribution in [0.15, 0.2) is 18.2 Å². The van der Waals surface area contributed by atoms with E-state index >= 15 is 0 Å². The van der Waals surface area contributed by atoms with Crippen molar-refractivity contribution in [2.24, 2.45) is 5.92 Å². The van der Waals surface area contributed by atoms with Crippen LogP contribution in [-0.2, 0) is 0 Å². The maximum atomic E-state index is 12.8. The van der Waals surface area contributed by atoms with Crippen molar-refractivity contribution in [1.29, 1.82) is 0 Å². The van der Waals surface area contributed by atoms with Gasteiger partial charge in [0.25, 0.3) is 5.91 Å². The number of piperidine rings is 1. The summed E-state index contributed by atoms with van der Waals surface area (Å²) in [6.45, 7) is 2.84. The predicted molar refractivity (Wildman–Crippen MR) is 82.8 cm³/mol. The summed E-state index contributed by atoms with van der Waals surface area (Å²) < 4.78 is 0. The molecule has 0 spiro atoms. The summed E-state index contributed by atoms with van der Waals surface area (Å²) in [4.78, 5) is 14.7. The lowest BCUT2D eigenvalue weighted by molar-refractivity contribution is 0.0698. The SMILES string of the molecule is O=C(c1cc(Cl)ccc1O)N(CC1CCNCC1)C1CC1. The van der Waals surface area contributed by atoms with Crippen LogP contribution < -0.4 is 5.32 Å². The number of rotatable bonds is 4. The van der Waals surface area contributed by atoms with E-state index in [2.05, 4.69) is 5.32 Å². The van der Waals surface area contributed by atoms with Gasteiger partial charge in [-0.3, -0.25) is 4.79 Å². The van der Waals surface area contributed by atoms with E-state index in [1.54, 1.807) is 12.1 Å². The Kier molecular flexibility index (Phi) is 4.36. The highest BCUT2D eigenvalue weighted by Gasteiger charge is 2.35. The van der Waals surface area contributed by atoms with Crippen molar-refractivity contribution in [3.8, 4) is 5.75 Å². The summed E-state index contributed by atoms with van der Waals surface area (Å²) in [6.07, 6.45) is 4.35. The van der Waals surface area contributed by atoms with Gasteiger partial charge in [-0.2, -0.15) is 0 Å². The third-order valence-electron chi connectivity index (χ3n) is 4.35. The number of phenols is 1. The molecule has 1 amide bonds. The first-order valence-corrected chi connectivity index (χ1v) is 8.03. The van der Waals surface area contributed by atoms with Crippen molar-refractivity contribution < 1.29 is 9.90 Å². The molecule has 0 atom stereocenters. The van der Waals surface area contributed by atoms with E-state index in [1.807, 2.05) is 4.90 Å². The quantitative estimate of drug-likeness (QED) is 0.899. The van der Waals surface area contributed by atoms with E-state index in [4.69, 9.17) is 11.6 Å². The highest BCUT2D eigenvalue weighted by molar-refractivity contribution is 6.31. The van der Waals surface area contributed by atoms with Crippen molar-refractivity contribution in [2.75, 3.05) is 19.6 Å². The highest BCUT2D eigenvalue weighted by Crippen LogP contribution is 2.32. The standard InChI is InChI=1S/C16H21ClN2O2/c17-12-1-4-15(20)14(9-12)16(21)19(13-2-3-13)10-11-5-7-18-8-6-11/h1,4,9,11,13,18,20H,2-3,5-8,10H2. The fraction of sp³-hybridized carbons (Fsp3) is 0.562. The molecular formula is C16H21ClN2O2. The number of benzene rings is 1. The Hall–Kier alpha value is -1.26. The number of hydrogen-bond acceptors (Lipinski definition) is 3. The maximum absolute atomic E-state index is 12.8. The van der Waals surface area contributed by atoms with E-state index < -0.39 is 0 Å². The van der Waals surface area contributed by atoms with Gasteiger partial charge in [0.15, 0.2) is 0 Å². The number of nitrogens with zero attached hydrogens (tertiary/aromatic N) is 1. The molecule has 114 valence electrons. The Balaban J connectivity index is 1.76. The molecule has 3 rings (SSSR count). The average molecular weight is 309 g/mol. The number of halogens is 1. The number of amides is 1. The van der Waals surface area contributed by atoms with Crippen LogP contribution in [0.25, 0.3) is 0 Å². The molecule has 1 aromatic rings. The summed E-state index contributed by atoms with van der Waals surface area (Å²) in [5, 5.41) is 13.8. The lowest BCUT2D eigenvalue weighted by Gasteiger charge is -2.30. The highest BCUT2D eigenvalue weighted by atomic mass is 35.5. The van der Waals surface area contributed by atoms with E-state index in [9.17, 15) is 9.90 Å². The van der Waals surface area contributed by atoms with Crippen molar-refractivity contribution in [2.45, 2.75) is 31.7 Å². The predicted octanol–water partition coefficient (Wildman–Crippen LogP) is 2.65.